The van der Waals surface area contributed by atoms with Gasteiger partial charge in [-0.1, -0.05) is 6.07 Å². The third-order valence-corrected chi connectivity index (χ3v) is 3.47. The fourth-order valence-electron chi connectivity index (χ4n) is 2.36. The van der Waals surface area contributed by atoms with Crippen LogP contribution in [0.4, 0.5) is 5.82 Å². The highest BCUT2D eigenvalue weighted by Crippen LogP contribution is 2.32. The number of rotatable bonds is 2. The van der Waals surface area contributed by atoms with Gasteiger partial charge < -0.3 is 10.6 Å². The summed E-state index contributed by atoms with van der Waals surface area (Å²) in [6.07, 6.45) is 4.39. The molecule has 0 bridgehead atoms. The molecule has 0 amide bonds. The Hall–Kier alpha value is -1.09. The molecule has 1 aliphatic rings. The summed E-state index contributed by atoms with van der Waals surface area (Å²) in [6, 6.07) is 4.24. The van der Waals surface area contributed by atoms with E-state index in [4.69, 9.17) is 5.73 Å². The predicted molar refractivity (Wildman–Crippen MR) is 67.5 cm³/mol. The van der Waals surface area contributed by atoms with Crippen molar-refractivity contribution < 1.29 is 0 Å². The van der Waals surface area contributed by atoms with Crippen LogP contribution in [0.2, 0.25) is 0 Å². The zero-order valence-electron chi connectivity index (χ0n) is 10.4. The molecule has 3 heteroatoms. The maximum Gasteiger partial charge on any atom is 0.128 e. The molecule has 0 radical (unpaired) electrons. The Balaban J connectivity index is 2.22. The van der Waals surface area contributed by atoms with Gasteiger partial charge in [0, 0.05) is 24.3 Å². The average molecular weight is 219 g/mol. The minimum Gasteiger partial charge on any atom is -0.352 e. The standard InChI is InChI=1S/C13H21N3/c1-10(14)11-5-6-12(15-9-11)16-8-4-7-13(16,2)3/h5-6,9-10H,4,7-8,14H2,1-3H3/t10-/m0/s1. The molecule has 2 N–H and O–H groups in total. The molecule has 1 aliphatic heterocycles. The molecule has 1 saturated heterocycles. The lowest BCUT2D eigenvalue weighted by molar-refractivity contribution is 0.514. The van der Waals surface area contributed by atoms with Gasteiger partial charge in [-0.3, -0.25) is 0 Å². The first-order valence-corrected chi connectivity index (χ1v) is 6.00. The molecule has 1 fully saturated rings. The van der Waals surface area contributed by atoms with Crippen molar-refractivity contribution in [1.29, 1.82) is 0 Å². The van der Waals surface area contributed by atoms with Gasteiger partial charge in [0.1, 0.15) is 5.82 Å². The van der Waals surface area contributed by atoms with Crippen LogP contribution in [0.1, 0.15) is 45.2 Å². The highest BCUT2D eigenvalue weighted by Gasteiger charge is 2.32. The number of hydrogen-bond acceptors (Lipinski definition) is 3. The second-order valence-electron chi connectivity index (χ2n) is 5.31. The lowest BCUT2D eigenvalue weighted by atomic mass is 10.0. The van der Waals surface area contributed by atoms with Crippen LogP contribution in [-0.4, -0.2) is 17.1 Å². The number of nitrogens with two attached hydrogens (primary N) is 1. The topological polar surface area (TPSA) is 42.1 Å². The summed E-state index contributed by atoms with van der Waals surface area (Å²) in [5.41, 5.74) is 7.15. The maximum atomic E-state index is 5.82. The van der Waals surface area contributed by atoms with Crippen LogP contribution in [0.15, 0.2) is 18.3 Å². The minimum atomic E-state index is 0.0631. The van der Waals surface area contributed by atoms with Crippen molar-refractivity contribution in [1.82, 2.24) is 4.98 Å². The Morgan fingerprint density at radius 1 is 1.44 bits per heavy atom. The molecule has 0 saturated carbocycles. The fraction of sp³-hybridized carbons (Fsp3) is 0.615. The average Bonchev–Trinajstić information content (AvgIpc) is 2.58. The number of nitrogens with zero attached hydrogens (tertiary/aromatic N) is 2. The van der Waals surface area contributed by atoms with E-state index in [2.05, 4.69) is 35.9 Å². The normalized spacial score (nSPS) is 21.1. The van der Waals surface area contributed by atoms with Gasteiger partial charge in [-0.15, -0.1) is 0 Å². The Morgan fingerprint density at radius 2 is 2.19 bits per heavy atom. The molecular formula is C13H21N3. The molecular weight excluding hydrogens is 198 g/mol. The Kier molecular flexibility index (Phi) is 2.89. The first kappa shape index (κ1) is 11.4. The summed E-state index contributed by atoms with van der Waals surface area (Å²) in [7, 11) is 0. The van der Waals surface area contributed by atoms with E-state index in [1.54, 1.807) is 0 Å². The van der Waals surface area contributed by atoms with Crippen molar-refractivity contribution in [3.63, 3.8) is 0 Å². The van der Waals surface area contributed by atoms with E-state index >= 15 is 0 Å². The fourth-order valence-corrected chi connectivity index (χ4v) is 2.36. The second-order valence-corrected chi connectivity index (χ2v) is 5.31. The predicted octanol–water partition coefficient (Wildman–Crippen LogP) is 2.48. The highest BCUT2D eigenvalue weighted by molar-refractivity contribution is 5.44. The largest absolute Gasteiger partial charge is 0.352 e. The van der Waals surface area contributed by atoms with Crippen LogP contribution in [0.25, 0.3) is 0 Å². The van der Waals surface area contributed by atoms with E-state index in [0.717, 1.165) is 17.9 Å². The van der Waals surface area contributed by atoms with Gasteiger partial charge in [0.25, 0.3) is 0 Å². The molecule has 0 spiro atoms. The SMILES string of the molecule is C[C@H](N)c1ccc(N2CCCC2(C)C)nc1. The lowest BCUT2D eigenvalue weighted by Crippen LogP contribution is -2.38. The number of hydrogen-bond donors (Lipinski definition) is 1. The number of pyridine rings is 1. The van der Waals surface area contributed by atoms with Gasteiger partial charge in [-0.05, 0) is 45.2 Å². The van der Waals surface area contributed by atoms with E-state index < -0.39 is 0 Å². The maximum absolute atomic E-state index is 5.82. The van der Waals surface area contributed by atoms with Gasteiger partial charge in [-0.2, -0.15) is 0 Å². The molecule has 2 rings (SSSR count). The molecule has 1 atom stereocenters. The summed E-state index contributed by atoms with van der Waals surface area (Å²) >= 11 is 0. The van der Waals surface area contributed by atoms with Gasteiger partial charge in [-0.25, -0.2) is 4.98 Å². The number of aromatic nitrogens is 1. The molecule has 1 aromatic rings. The van der Waals surface area contributed by atoms with Gasteiger partial charge >= 0.3 is 0 Å². The van der Waals surface area contributed by atoms with Crippen molar-refractivity contribution in [2.24, 2.45) is 5.73 Å². The first-order valence-electron chi connectivity index (χ1n) is 6.00. The van der Waals surface area contributed by atoms with Crippen molar-refractivity contribution in [3.8, 4) is 0 Å². The van der Waals surface area contributed by atoms with Crippen molar-refractivity contribution >= 4 is 5.82 Å². The van der Waals surface area contributed by atoms with Crippen LogP contribution < -0.4 is 10.6 Å². The van der Waals surface area contributed by atoms with Crippen molar-refractivity contribution in [2.45, 2.75) is 45.2 Å². The molecule has 0 aromatic carbocycles. The highest BCUT2D eigenvalue weighted by atomic mass is 15.3. The van der Waals surface area contributed by atoms with Crippen LogP contribution in [0, 0.1) is 0 Å². The lowest BCUT2D eigenvalue weighted by Gasteiger charge is -2.32. The summed E-state index contributed by atoms with van der Waals surface area (Å²) in [6.45, 7) is 7.65. The summed E-state index contributed by atoms with van der Waals surface area (Å²) in [4.78, 5) is 6.91. The third kappa shape index (κ3) is 2.05. The molecule has 2 heterocycles. The zero-order chi connectivity index (χ0) is 11.8. The quantitative estimate of drug-likeness (QED) is 0.831. The Labute approximate surface area is 97.7 Å². The van der Waals surface area contributed by atoms with Crippen LogP contribution in [0.5, 0.6) is 0 Å². The second kappa shape index (κ2) is 4.06. The molecule has 1 aromatic heterocycles. The van der Waals surface area contributed by atoms with Gasteiger partial charge in [0.05, 0.1) is 0 Å². The molecule has 16 heavy (non-hydrogen) atoms. The van der Waals surface area contributed by atoms with Gasteiger partial charge in [0.15, 0.2) is 0 Å². The molecule has 3 nitrogen and oxygen atoms in total. The summed E-state index contributed by atoms with van der Waals surface area (Å²) in [5.74, 6) is 1.08. The molecule has 88 valence electrons. The smallest absolute Gasteiger partial charge is 0.128 e. The van der Waals surface area contributed by atoms with E-state index in [0.29, 0.717) is 0 Å². The summed E-state index contributed by atoms with van der Waals surface area (Å²) < 4.78 is 0. The first-order chi connectivity index (χ1) is 7.50. The van der Waals surface area contributed by atoms with E-state index in [9.17, 15) is 0 Å². The minimum absolute atomic E-state index is 0.0631. The monoisotopic (exact) mass is 219 g/mol. The Bertz CT molecular complexity index is 354. The van der Waals surface area contributed by atoms with E-state index in [-0.39, 0.29) is 11.6 Å². The third-order valence-electron chi connectivity index (χ3n) is 3.47. The van der Waals surface area contributed by atoms with Crippen LogP contribution in [0.3, 0.4) is 0 Å². The molecule has 0 unspecified atom stereocenters. The van der Waals surface area contributed by atoms with Crippen LogP contribution in [-0.2, 0) is 0 Å². The van der Waals surface area contributed by atoms with Crippen LogP contribution >= 0.6 is 0 Å². The van der Waals surface area contributed by atoms with E-state index in [1.165, 1.54) is 12.8 Å². The van der Waals surface area contributed by atoms with Crippen molar-refractivity contribution in [3.05, 3.63) is 23.9 Å². The molecule has 0 aliphatic carbocycles. The van der Waals surface area contributed by atoms with E-state index in [1.807, 2.05) is 13.1 Å². The zero-order valence-corrected chi connectivity index (χ0v) is 10.4. The summed E-state index contributed by atoms with van der Waals surface area (Å²) in [5, 5.41) is 0. The van der Waals surface area contributed by atoms with Crippen molar-refractivity contribution in [2.75, 3.05) is 11.4 Å². The van der Waals surface area contributed by atoms with Gasteiger partial charge in [0.2, 0.25) is 0 Å². The Morgan fingerprint density at radius 3 is 2.62 bits per heavy atom. The number of anilines is 1.